The van der Waals surface area contributed by atoms with Crippen LogP contribution in [0.5, 0.6) is 0 Å². The number of allylic oxidation sites excluding steroid dienone is 2. The van der Waals surface area contributed by atoms with Crippen molar-refractivity contribution in [3.05, 3.63) is 11.8 Å². The van der Waals surface area contributed by atoms with Crippen molar-refractivity contribution in [2.75, 3.05) is 0 Å². The number of rotatable bonds is 1. The summed E-state index contributed by atoms with van der Waals surface area (Å²) in [6.07, 6.45) is 7.21. The zero-order chi connectivity index (χ0) is 15.0. The fraction of sp³-hybridized carbons (Fsp3) is 0.833. The smallest absolute Gasteiger partial charge is 0.316 e. The molecule has 20 heavy (non-hydrogen) atoms. The summed E-state index contributed by atoms with van der Waals surface area (Å²) < 4.78 is 5.68. The summed E-state index contributed by atoms with van der Waals surface area (Å²) in [5.41, 5.74) is 0.742. The van der Waals surface area contributed by atoms with Gasteiger partial charge in [0.05, 0.1) is 5.41 Å². The largest absolute Gasteiger partial charge is 0.431 e. The maximum absolute atomic E-state index is 12.1. The molecule has 3 aliphatic rings. The highest BCUT2D eigenvalue weighted by atomic mass is 16.5. The van der Waals surface area contributed by atoms with Crippen molar-refractivity contribution in [1.82, 2.24) is 0 Å². The van der Waals surface area contributed by atoms with Gasteiger partial charge in [-0.25, -0.2) is 0 Å². The van der Waals surface area contributed by atoms with Crippen LogP contribution in [0.1, 0.15) is 67.2 Å². The molecular weight excluding hydrogens is 248 g/mol. The van der Waals surface area contributed by atoms with Crippen molar-refractivity contribution in [1.29, 1.82) is 0 Å². The molecule has 0 aromatic rings. The first kappa shape index (κ1) is 14.2. The summed E-state index contributed by atoms with van der Waals surface area (Å²) >= 11 is 0. The highest BCUT2D eigenvalue weighted by molar-refractivity contribution is 5.76. The number of hydrogen-bond acceptors (Lipinski definition) is 2. The normalized spacial score (nSPS) is 41.5. The Morgan fingerprint density at radius 2 is 1.90 bits per heavy atom. The third-order valence-corrected chi connectivity index (χ3v) is 6.50. The van der Waals surface area contributed by atoms with Gasteiger partial charge in [0.1, 0.15) is 5.76 Å². The SMILES string of the molecule is CC(C)(C)C(=O)OC1=CC2[C@]3(C)CCCC(C)(C)[C@]23C1. The van der Waals surface area contributed by atoms with Gasteiger partial charge in [0.25, 0.3) is 0 Å². The molecule has 0 N–H and O–H groups in total. The van der Waals surface area contributed by atoms with Crippen molar-refractivity contribution in [3.8, 4) is 0 Å². The second-order valence-corrected chi connectivity index (χ2v) is 9.05. The van der Waals surface area contributed by atoms with E-state index in [1.165, 1.54) is 19.3 Å². The molecular formula is C18H28O2. The molecule has 1 unspecified atom stereocenters. The number of hydrogen-bond donors (Lipinski definition) is 0. The van der Waals surface area contributed by atoms with E-state index in [-0.39, 0.29) is 5.97 Å². The average Bonchev–Trinajstić information content (AvgIpc) is 2.67. The molecule has 0 radical (unpaired) electrons. The van der Waals surface area contributed by atoms with Gasteiger partial charge in [0, 0.05) is 6.42 Å². The lowest BCUT2D eigenvalue weighted by Gasteiger charge is -2.42. The molecule has 0 aromatic heterocycles. The molecule has 0 saturated heterocycles. The Balaban J connectivity index is 1.81. The van der Waals surface area contributed by atoms with Gasteiger partial charge >= 0.3 is 5.97 Å². The summed E-state index contributed by atoms with van der Waals surface area (Å²) in [5.74, 6) is 1.45. The van der Waals surface area contributed by atoms with Crippen molar-refractivity contribution in [2.24, 2.45) is 27.6 Å². The molecule has 0 bridgehead atoms. The molecule has 2 heteroatoms. The average molecular weight is 276 g/mol. The van der Waals surface area contributed by atoms with Gasteiger partial charge in [-0.1, -0.05) is 27.2 Å². The molecule has 0 amide bonds. The zero-order valence-corrected chi connectivity index (χ0v) is 13.8. The lowest BCUT2D eigenvalue weighted by Crippen LogP contribution is -2.35. The fourth-order valence-corrected chi connectivity index (χ4v) is 5.23. The first-order valence-corrected chi connectivity index (χ1v) is 7.98. The molecule has 112 valence electrons. The van der Waals surface area contributed by atoms with Gasteiger partial charge in [0.15, 0.2) is 0 Å². The Bertz CT molecular complexity index is 494. The van der Waals surface area contributed by atoms with Crippen LogP contribution in [0.25, 0.3) is 0 Å². The minimum Gasteiger partial charge on any atom is -0.431 e. The van der Waals surface area contributed by atoms with E-state index >= 15 is 0 Å². The Labute approximate surface area is 123 Å². The van der Waals surface area contributed by atoms with E-state index in [1.807, 2.05) is 20.8 Å². The summed E-state index contributed by atoms with van der Waals surface area (Å²) in [6.45, 7) is 13.0. The standard InChI is InChI=1S/C18H28O2/c1-15(2,3)14(19)20-12-10-13-17(6)9-7-8-16(4,5)18(13,17)11-12/h10,13H,7-9,11H2,1-6H3/t13?,17-,18-/m0/s1. The molecule has 0 aliphatic heterocycles. The van der Waals surface area contributed by atoms with Crippen LogP contribution >= 0.6 is 0 Å². The third kappa shape index (κ3) is 1.54. The van der Waals surface area contributed by atoms with E-state index in [0.717, 1.165) is 12.2 Å². The minimum atomic E-state index is -0.420. The summed E-state index contributed by atoms with van der Waals surface area (Å²) in [4.78, 5) is 12.1. The molecule has 3 rings (SSSR count). The Morgan fingerprint density at radius 3 is 2.50 bits per heavy atom. The van der Waals surface area contributed by atoms with Gasteiger partial charge in [-0.05, 0) is 61.9 Å². The van der Waals surface area contributed by atoms with E-state index in [9.17, 15) is 4.79 Å². The highest BCUT2D eigenvalue weighted by Gasteiger charge is 2.80. The molecule has 2 nitrogen and oxygen atoms in total. The second kappa shape index (κ2) is 3.69. The van der Waals surface area contributed by atoms with Crippen molar-refractivity contribution in [2.45, 2.75) is 67.2 Å². The highest BCUT2D eigenvalue weighted by Crippen LogP contribution is 2.85. The van der Waals surface area contributed by atoms with Gasteiger partial charge < -0.3 is 4.74 Å². The third-order valence-electron chi connectivity index (χ3n) is 6.50. The molecule has 0 heterocycles. The van der Waals surface area contributed by atoms with Crippen molar-refractivity contribution in [3.63, 3.8) is 0 Å². The number of ether oxygens (including phenoxy) is 1. The van der Waals surface area contributed by atoms with Crippen LogP contribution in [0, 0.1) is 27.6 Å². The maximum Gasteiger partial charge on any atom is 0.316 e. The number of carbonyl (C=O) groups is 1. The predicted octanol–water partition coefficient (Wildman–Crippen LogP) is 4.70. The van der Waals surface area contributed by atoms with Crippen LogP contribution in [-0.4, -0.2) is 5.97 Å². The van der Waals surface area contributed by atoms with E-state index in [0.29, 0.717) is 22.2 Å². The Kier molecular flexibility index (Phi) is 2.62. The maximum atomic E-state index is 12.1. The predicted molar refractivity (Wildman–Crippen MR) is 79.9 cm³/mol. The van der Waals surface area contributed by atoms with Crippen molar-refractivity contribution < 1.29 is 9.53 Å². The van der Waals surface area contributed by atoms with Crippen LogP contribution in [0.3, 0.4) is 0 Å². The van der Waals surface area contributed by atoms with Crippen LogP contribution in [0.2, 0.25) is 0 Å². The van der Waals surface area contributed by atoms with Gasteiger partial charge in [-0.2, -0.15) is 0 Å². The first-order chi connectivity index (χ1) is 9.05. The number of carbonyl (C=O) groups excluding carboxylic acids is 1. The number of esters is 1. The Hall–Kier alpha value is -0.790. The molecule has 2 fully saturated rings. The zero-order valence-electron chi connectivity index (χ0n) is 13.8. The lowest BCUT2D eigenvalue weighted by molar-refractivity contribution is -0.149. The van der Waals surface area contributed by atoms with E-state index in [1.54, 1.807) is 0 Å². The molecule has 3 aliphatic carbocycles. The van der Waals surface area contributed by atoms with Crippen LogP contribution in [-0.2, 0) is 9.53 Å². The van der Waals surface area contributed by atoms with E-state index in [4.69, 9.17) is 4.74 Å². The topological polar surface area (TPSA) is 26.3 Å². The second-order valence-electron chi connectivity index (χ2n) is 9.05. The molecule has 0 aromatic carbocycles. The monoisotopic (exact) mass is 276 g/mol. The van der Waals surface area contributed by atoms with E-state index < -0.39 is 5.41 Å². The first-order valence-electron chi connectivity index (χ1n) is 7.98. The Morgan fingerprint density at radius 1 is 1.25 bits per heavy atom. The quantitative estimate of drug-likeness (QED) is 0.649. The minimum absolute atomic E-state index is 0.100. The molecule has 1 spiro atoms. The van der Waals surface area contributed by atoms with Gasteiger partial charge in [0.2, 0.25) is 0 Å². The lowest BCUT2D eigenvalue weighted by atomic mass is 9.62. The molecule has 3 atom stereocenters. The molecule has 2 saturated carbocycles. The van der Waals surface area contributed by atoms with E-state index in [2.05, 4.69) is 26.8 Å². The summed E-state index contributed by atoms with van der Waals surface area (Å²) in [6, 6.07) is 0. The van der Waals surface area contributed by atoms with Crippen LogP contribution in [0.15, 0.2) is 11.8 Å². The van der Waals surface area contributed by atoms with Gasteiger partial charge in [-0.15, -0.1) is 0 Å². The van der Waals surface area contributed by atoms with Gasteiger partial charge in [-0.3, -0.25) is 4.79 Å². The van der Waals surface area contributed by atoms with Crippen LogP contribution in [0.4, 0.5) is 0 Å². The number of fused-ring (bicyclic) bond motifs is 1. The van der Waals surface area contributed by atoms with Crippen molar-refractivity contribution >= 4 is 5.97 Å². The summed E-state index contributed by atoms with van der Waals surface area (Å²) in [7, 11) is 0. The fourth-order valence-electron chi connectivity index (χ4n) is 5.23. The van der Waals surface area contributed by atoms with Crippen LogP contribution < -0.4 is 0 Å². The summed E-state index contributed by atoms with van der Waals surface area (Å²) in [5, 5.41) is 0.